The number of nitrogens with one attached hydrogen (secondary N) is 1. The second-order valence-corrected chi connectivity index (χ2v) is 5.56. The Morgan fingerprint density at radius 2 is 2.24 bits per heavy atom. The molecular weight excluding hydrogens is 234 g/mol. The molecule has 0 aliphatic rings. The minimum Gasteiger partial charge on any atom is -0.398 e. The van der Waals surface area contributed by atoms with Gasteiger partial charge in [0.1, 0.15) is 0 Å². The lowest BCUT2D eigenvalue weighted by Gasteiger charge is -2.12. The molecule has 1 unspecified atom stereocenters. The fourth-order valence-corrected chi connectivity index (χ4v) is 2.55. The molecule has 5 heteroatoms. The van der Waals surface area contributed by atoms with E-state index in [0.29, 0.717) is 11.7 Å². The van der Waals surface area contributed by atoms with Crippen molar-refractivity contribution in [2.75, 3.05) is 5.73 Å². The van der Waals surface area contributed by atoms with Crippen molar-refractivity contribution in [3.05, 3.63) is 23.8 Å². The molecule has 0 fully saturated rings. The van der Waals surface area contributed by atoms with E-state index in [1.807, 2.05) is 19.1 Å². The third kappa shape index (κ3) is 4.66. The Labute approximate surface area is 106 Å². The number of thioether (sulfide) groups is 1. The second kappa shape index (κ2) is 6.51. The SMILES string of the molecule is Cc1ccc(N)c(SC(C)CCC(=O)NN)c1. The van der Waals surface area contributed by atoms with Gasteiger partial charge in [-0.15, -0.1) is 11.8 Å². The predicted molar refractivity (Wildman–Crippen MR) is 72.5 cm³/mol. The second-order valence-electron chi connectivity index (χ2n) is 4.08. The number of rotatable bonds is 5. The molecule has 0 spiro atoms. The van der Waals surface area contributed by atoms with Gasteiger partial charge in [-0.2, -0.15) is 0 Å². The molecule has 4 nitrogen and oxygen atoms in total. The highest BCUT2D eigenvalue weighted by Crippen LogP contribution is 2.31. The Kier molecular flexibility index (Phi) is 5.31. The molecule has 94 valence electrons. The molecule has 0 radical (unpaired) electrons. The van der Waals surface area contributed by atoms with Gasteiger partial charge in [-0.3, -0.25) is 10.2 Å². The Hall–Kier alpha value is -1.20. The largest absolute Gasteiger partial charge is 0.398 e. The third-order valence-electron chi connectivity index (χ3n) is 2.44. The van der Waals surface area contributed by atoms with Crippen LogP contribution >= 0.6 is 11.8 Å². The number of hydrazine groups is 1. The van der Waals surface area contributed by atoms with Crippen molar-refractivity contribution in [2.24, 2.45) is 5.84 Å². The number of hydrogen-bond acceptors (Lipinski definition) is 4. The smallest absolute Gasteiger partial charge is 0.233 e. The van der Waals surface area contributed by atoms with E-state index in [4.69, 9.17) is 11.6 Å². The number of nitrogen functional groups attached to an aromatic ring is 1. The summed E-state index contributed by atoms with van der Waals surface area (Å²) in [7, 11) is 0. The summed E-state index contributed by atoms with van der Waals surface area (Å²) in [5.41, 5.74) is 10.0. The number of nitrogens with two attached hydrogens (primary N) is 2. The highest BCUT2D eigenvalue weighted by atomic mass is 32.2. The number of hydrogen-bond donors (Lipinski definition) is 3. The molecule has 0 aliphatic carbocycles. The topological polar surface area (TPSA) is 81.1 Å². The van der Waals surface area contributed by atoms with Crippen LogP contribution in [0.2, 0.25) is 0 Å². The molecule has 0 saturated heterocycles. The summed E-state index contributed by atoms with van der Waals surface area (Å²) in [6.07, 6.45) is 1.22. The lowest BCUT2D eigenvalue weighted by atomic mass is 10.2. The van der Waals surface area contributed by atoms with E-state index in [0.717, 1.165) is 17.0 Å². The van der Waals surface area contributed by atoms with Gasteiger partial charge in [0.2, 0.25) is 5.91 Å². The van der Waals surface area contributed by atoms with E-state index in [1.54, 1.807) is 11.8 Å². The minimum absolute atomic E-state index is 0.130. The minimum atomic E-state index is -0.130. The van der Waals surface area contributed by atoms with Crippen LogP contribution in [0.3, 0.4) is 0 Å². The maximum atomic E-state index is 11.0. The van der Waals surface area contributed by atoms with Crippen LogP contribution in [-0.2, 0) is 4.79 Å². The fraction of sp³-hybridized carbons (Fsp3) is 0.417. The monoisotopic (exact) mass is 253 g/mol. The fourth-order valence-electron chi connectivity index (χ4n) is 1.43. The first-order valence-corrected chi connectivity index (χ1v) is 6.43. The van der Waals surface area contributed by atoms with E-state index >= 15 is 0 Å². The summed E-state index contributed by atoms with van der Waals surface area (Å²) in [5.74, 6) is 4.90. The number of amides is 1. The molecular formula is C12H19N3OS. The first kappa shape index (κ1) is 13.9. The number of benzene rings is 1. The summed E-state index contributed by atoms with van der Waals surface area (Å²) in [4.78, 5) is 12.1. The zero-order valence-electron chi connectivity index (χ0n) is 10.2. The molecule has 0 heterocycles. The van der Waals surface area contributed by atoms with Gasteiger partial charge in [0, 0.05) is 22.3 Å². The first-order chi connectivity index (χ1) is 8.02. The standard InChI is InChI=1S/C12H19N3OS/c1-8-3-5-10(13)11(7-8)17-9(2)4-6-12(16)15-14/h3,5,7,9H,4,6,13-14H2,1-2H3,(H,15,16). The van der Waals surface area contributed by atoms with Crippen molar-refractivity contribution in [3.8, 4) is 0 Å². The van der Waals surface area contributed by atoms with E-state index in [1.165, 1.54) is 5.56 Å². The van der Waals surface area contributed by atoms with Crippen LogP contribution < -0.4 is 17.0 Å². The maximum Gasteiger partial charge on any atom is 0.233 e. The predicted octanol–water partition coefficient (Wildman–Crippen LogP) is 1.83. The summed E-state index contributed by atoms with van der Waals surface area (Å²) in [6, 6.07) is 5.97. The molecule has 0 bridgehead atoms. The van der Waals surface area contributed by atoms with Crippen molar-refractivity contribution in [1.29, 1.82) is 0 Å². The Balaban J connectivity index is 2.52. The highest BCUT2D eigenvalue weighted by Gasteiger charge is 2.09. The molecule has 0 aliphatic heterocycles. The van der Waals surface area contributed by atoms with E-state index in [-0.39, 0.29) is 5.91 Å². The quantitative estimate of drug-likeness (QED) is 0.246. The van der Waals surface area contributed by atoms with Crippen LogP contribution in [0, 0.1) is 6.92 Å². The zero-order valence-corrected chi connectivity index (χ0v) is 11.0. The summed E-state index contributed by atoms with van der Waals surface area (Å²) in [6.45, 7) is 4.12. The van der Waals surface area contributed by atoms with E-state index in [9.17, 15) is 4.79 Å². The molecule has 17 heavy (non-hydrogen) atoms. The van der Waals surface area contributed by atoms with E-state index in [2.05, 4.69) is 18.4 Å². The van der Waals surface area contributed by atoms with Gasteiger partial charge in [0.05, 0.1) is 0 Å². The molecule has 5 N–H and O–H groups in total. The van der Waals surface area contributed by atoms with Gasteiger partial charge in [-0.05, 0) is 31.0 Å². The van der Waals surface area contributed by atoms with Crippen molar-refractivity contribution in [3.63, 3.8) is 0 Å². The summed E-state index contributed by atoms with van der Waals surface area (Å²) in [5, 5.41) is 0.330. The normalized spacial score (nSPS) is 12.2. The number of carbonyl (C=O) groups excluding carboxylic acids is 1. The number of carbonyl (C=O) groups is 1. The average molecular weight is 253 g/mol. The Morgan fingerprint density at radius 1 is 1.53 bits per heavy atom. The summed E-state index contributed by atoms with van der Waals surface area (Å²) >= 11 is 1.69. The van der Waals surface area contributed by atoms with Gasteiger partial charge in [-0.1, -0.05) is 13.0 Å². The van der Waals surface area contributed by atoms with Crippen LogP contribution in [0.5, 0.6) is 0 Å². The molecule has 0 saturated carbocycles. The molecule has 1 aromatic carbocycles. The number of aryl methyl sites for hydroxylation is 1. The molecule has 1 amide bonds. The lowest BCUT2D eigenvalue weighted by molar-refractivity contribution is -0.121. The van der Waals surface area contributed by atoms with Crippen LogP contribution in [0.25, 0.3) is 0 Å². The van der Waals surface area contributed by atoms with Gasteiger partial charge in [0.25, 0.3) is 0 Å². The Morgan fingerprint density at radius 3 is 2.88 bits per heavy atom. The maximum absolute atomic E-state index is 11.0. The molecule has 1 atom stereocenters. The molecule has 1 aromatic rings. The third-order valence-corrected chi connectivity index (χ3v) is 3.68. The highest BCUT2D eigenvalue weighted by molar-refractivity contribution is 8.00. The zero-order chi connectivity index (χ0) is 12.8. The molecule has 1 rings (SSSR count). The first-order valence-electron chi connectivity index (χ1n) is 5.55. The lowest BCUT2D eigenvalue weighted by Crippen LogP contribution is -2.30. The summed E-state index contributed by atoms with van der Waals surface area (Å²) < 4.78 is 0. The van der Waals surface area contributed by atoms with E-state index < -0.39 is 0 Å². The van der Waals surface area contributed by atoms with Crippen LogP contribution in [-0.4, -0.2) is 11.2 Å². The average Bonchev–Trinajstić information content (AvgIpc) is 2.30. The van der Waals surface area contributed by atoms with Gasteiger partial charge >= 0.3 is 0 Å². The van der Waals surface area contributed by atoms with Crippen molar-refractivity contribution < 1.29 is 4.79 Å². The van der Waals surface area contributed by atoms with Crippen molar-refractivity contribution in [1.82, 2.24) is 5.43 Å². The van der Waals surface area contributed by atoms with Crippen LogP contribution in [0.15, 0.2) is 23.1 Å². The van der Waals surface area contributed by atoms with Crippen molar-refractivity contribution >= 4 is 23.4 Å². The van der Waals surface area contributed by atoms with Crippen LogP contribution in [0.1, 0.15) is 25.3 Å². The van der Waals surface area contributed by atoms with Gasteiger partial charge in [-0.25, -0.2) is 5.84 Å². The van der Waals surface area contributed by atoms with Crippen molar-refractivity contribution in [2.45, 2.75) is 36.8 Å². The van der Waals surface area contributed by atoms with Crippen LogP contribution in [0.4, 0.5) is 5.69 Å². The Bertz CT molecular complexity index is 395. The number of anilines is 1. The van der Waals surface area contributed by atoms with Gasteiger partial charge in [0.15, 0.2) is 0 Å². The molecule has 0 aromatic heterocycles. The van der Waals surface area contributed by atoms with Gasteiger partial charge < -0.3 is 5.73 Å².